The first-order valence-electron chi connectivity index (χ1n) is 12.8. The fourth-order valence-corrected chi connectivity index (χ4v) is 4.85. The molecule has 4 atom stereocenters. The van der Waals surface area contributed by atoms with Crippen LogP contribution in [0.4, 0.5) is 0 Å². The van der Waals surface area contributed by atoms with Crippen molar-refractivity contribution < 1.29 is 37.8 Å². The highest BCUT2D eigenvalue weighted by Gasteiger charge is 2.69. The fraction of sp³-hybridized carbons (Fsp3) is 0.267. The van der Waals surface area contributed by atoms with Gasteiger partial charge in [0.15, 0.2) is 18.2 Å². The monoisotopic (exact) mass is 542 g/mol. The highest BCUT2D eigenvalue weighted by atomic mass is 16.8. The Bertz CT molecular complexity index is 1490. The van der Waals surface area contributed by atoms with E-state index >= 15 is 0 Å². The number of ether oxygens (including phenoxy) is 5. The zero-order valence-corrected chi connectivity index (χ0v) is 21.8. The van der Waals surface area contributed by atoms with Crippen LogP contribution < -0.4 is 0 Å². The number of hydrogen-bond acceptors (Lipinski definition) is 10. The van der Waals surface area contributed by atoms with Gasteiger partial charge in [0.1, 0.15) is 12.7 Å². The normalized spacial score (nSPS) is 24.8. The maximum absolute atomic E-state index is 13.5. The van der Waals surface area contributed by atoms with Gasteiger partial charge < -0.3 is 28.2 Å². The summed E-state index contributed by atoms with van der Waals surface area (Å²) in [4.78, 5) is 31.0. The maximum Gasteiger partial charge on any atom is 0.339 e. The third-order valence-electron chi connectivity index (χ3n) is 6.70. The van der Waals surface area contributed by atoms with Crippen LogP contribution in [0.1, 0.15) is 40.4 Å². The molecule has 0 aliphatic carbocycles. The van der Waals surface area contributed by atoms with Crippen molar-refractivity contribution in [2.24, 2.45) is 0 Å². The van der Waals surface area contributed by atoms with E-state index in [0.29, 0.717) is 11.1 Å². The second-order valence-electron chi connectivity index (χ2n) is 9.85. The van der Waals surface area contributed by atoms with Gasteiger partial charge >= 0.3 is 11.9 Å². The standard InChI is InChI=1S/C30H26N2O8/c1-29(2)37-23-27(39-29)36-22(18-35-25(33)20-14-8-4-9-15-20)30(23,38-26(34)21-16-10-5-11-17-21)28-31-24(40-32-28)19-12-6-3-7-13-19/h3-17,22-23,27H,18H2,1-2H3/t22-,23+,27-,30+/m1/s1. The van der Waals surface area contributed by atoms with Crippen molar-refractivity contribution in [1.29, 1.82) is 0 Å². The van der Waals surface area contributed by atoms with Gasteiger partial charge in [0.2, 0.25) is 11.4 Å². The van der Waals surface area contributed by atoms with Crippen LogP contribution in [0, 0.1) is 0 Å². The molecule has 2 fully saturated rings. The molecular formula is C30H26N2O8. The lowest BCUT2D eigenvalue weighted by Gasteiger charge is -2.34. The first-order valence-corrected chi connectivity index (χ1v) is 12.8. The van der Waals surface area contributed by atoms with Gasteiger partial charge in [-0.1, -0.05) is 59.8 Å². The average molecular weight is 543 g/mol. The fourth-order valence-electron chi connectivity index (χ4n) is 4.85. The third kappa shape index (κ3) is 4.77. The summed E-state index contributed by atoms with van der Waals surface area (Å²) in [5, 5.41) is 4.22. The Kier molecular flexibility index (Phi) is 6.67. The summed E-state index contributed by atoms with van der Waals surface area (Å²) in [7, 11) is 0. The molecule has 2 saturated heterocycles. The van der Waals surface area contributed by atoms with E-state index in [4.69, 9.17) is 28.2 Å². The molecule has 0 unspecified atom stereocenters. The molecule has 0 N–H and O–H groups in total. The number of carbonyl (C=O) groups excluding carboxylic acids is 2. The van der Waals surface area contributed by atoms with Crippen LogP contribution in [0.5, 0.6) is 0 Å². The predicted octanol–water partition coefficient (Wildman–Crippen LogP) is 4.52. The number of benzene rings is 3. The Labute approximate surface area is 229 Å². The van der Waals surface area contributed by atoms with Crippen molar-refractivity contribution in [3.63, 3.8) is 0 Å². The molecule has 2 aliphatic rings. The molecule has 2 aliphatic heterocycles. The van der Waals surface area contributed by atoms with E-state index in [0.717, 1.165) is 0 Å². The third-order valence-corrected chi connectivity index (χ3v) is 6.70. The Morgan fingerprint density at radius 3 is 2.08 bits per heavy atom. The number of esters is 2. The molecule has 3 heterocycles. The SMILES string of the molecule is CC1(C)O[C@H]2O[C@H](COC(=O)c3ccccc3)[C@@](OC(=O)c3ccccc3)(c3noc(-c4ccccc4)n3)[C@H]2O1. The number of aromatic nitrogens is 2. The van der Waals surface area contributed by atoms with Crippen molar-refractivity contribution in [3.05, 3.63) is 108 Å². The second-order valence-corrected chi connectivity index (χ2v) is 9.85. The number of hydrogen-bond donors (Lipinski definition) is 0. The summed E-state index contributed by atoms with van der Waals surface area (Å²) >= 11 is 0. The highest BCUT2D eigenvalue weighted by molar-refractivity contribution is 5.90. The van der Waals surface area contributed by atoms with Crippen LogP contribution in [0.3, 0.4) is 0 Å². The van der Waals surface area contributed by atoms with Crippen LogP contribution >= 0.6 is 0 Å². The van der Waals surface area contributed by atoms with Gasteiger partial charge in [0, 0.05) is 5.56 Å². The summed E-state index contributed by atoms with van der Waals surface area (Å²) in [5.74, 6) is -2.14. The van der Waals surface area contributed by atoms with Crippen LogP contribution in [0.15, 0.2) is 95.5 Å². The molecule has 204 valence electrons. The number of nitrogens with zero attached hydrogens (tertiary/aromatic N) is 2. The van der Waals surface area contributed by atoms with Gasteiger partial charge in [0.05, 0.1) is 11.1 Å². The van der Waals surface area contributed by atoms with Gasteiger partial charge in [-0.3, -0.25) is 0 Å². The van der Waals surface area contributed by atoms with E-state index in [9.17, 15) is 9.59 Å². The van der Waals surface area contributed by atoms with Crippen LogP contribution in [0.25, 0.3) is 11.5 Å². The molecule has 10 nitrogen and oxygen atoms in total. The summed E-state index contributed by atoms with van der Waals surface area (Å²) in [6, 6.07) is 26.1. The second kappa shape index (κ2) is 10.3. The minimum atomic E-state index is -1.79. The van der Waals surface area contributed by atoms with Crippen molar-refractivity contribution in [2.75, 3.05) is 6.61 Å². The van der Waals surface area contributed by atoms with Crippen LogP contribution in [0.2, 0.25) is 0 Å². The number of rotatable bonds is 7. The Morgan fingerprint density at radius 2 is 1.43 bits per heavy atom. The summed E-state index contributed by atoms with van der Waals surface area (Å²) in [5.41, 5.74) is -0.488. The van der Waals surface area contributed by atoms with Gasteiger partial charge in [-0.05, 0) is 50.2 Å². The smallest absolute Gasteiger partial charge is 0.339 e. The molecule has 40 heavy (non-hydrogen) atoms. The zero-order valence-electron chi connectivity index (χ0n) is 21.8. The largest absolute Gasteiger partial charge is 0.459 e. The first kappa shape index (κ1) is 25.9. The van der Waals surface area contributed by atoms with E-state index in [1.54, 1.807) is 74.5 Å². The summed E-state index contributed by atoms with van der Waals surface area (Å²) in [6.45, 7) is 3.12. The molecule has 0 radical (unpaired) electrons. The van der Waals surface area contributed by atoms with Gasteiger partial charge in [-0.2, -0.15) is 4.98 Å². The average Bonchev–Trinajstić information content (AvgIpc) is 3.66. The molecule has 6 rings (SSSR count). The molecular weight excluding hydrogens is 516 g/mol. The molecule has 0 saturated carbocycles. The van der Waals surface area contributed by atoms with Crippen molar-refractivity contribution in [1.82, 2.24) is 10.1 Å². The van der Waals surface area contributed by atoms with E-state index in [1.807, 2.05) is 30.3 Å². The molecule has 3 aromatic carbocycles. The lowest BCUT2D eigenvalue weighted by molar-refractivity contribution is -0.236. The van der Waals surface area contributed by atoms with Gasteiger partial charge in [-0.15, -0.1) is 0 Å². The minimum absolute atomic E-state index is 0.00908. The molecule has 10 heteroatoms. The van der Waals surface area contributed by atoms with Crippen molar-refractivity contribution in [2.45, 2.75) is 43.7 Å². The molecule has 0 bridgehead atoms. The quantitative estimate of drug-likeness (QED) is 0.308. The maximum atomic E-state index is 13.5. The van der Waals surface area contributed by atoms with E-state index in [2.05, 4.69) is 10.1 Å². The first-order chi connectivity index (χ1) is 19.4. The summed E-state index contributed by atoms with van der Waals surface area (Å²) in [6.07, 6.45) is -3.07. The molecule has 0 spiro atoms. The van der Waals surface area contributed by atoms with Crippen LogP contribution in [-0.4, -0.2) is 53.0 Å². The Morgan fingerprint density at radius 1 is 0.825 bits per heavy atom. The topological polar surface area (TPSA) is 119 Å². The highest BCUT2D eigenvalue weighted by Crippen LogP contribution is 2.50. The van der Waals surface area contributed by atoms with E-state index < -0.39 is 41.8 Å². The minimum Gasteiger partial charge on any atom is -0.459 e. The molecule has 4 aromatic rings. The lowest BCUT2D eigenvalue weighted by atomic mass is 9.91. The summed E-state index contributed by atoms with van der Waals surface area (Å²) < 4.78 is 35.9. The van der Waals surface area contributed by atoms with E-state index in [1.165, 1.54) is 0 Å². The predicted molar refractivity (Wildman–Crippen MR) is 139 cm³/mol. The Hall–Kier alpha value is -4.38. The van der Waals surface area contributed by atoms with E-state index in [-0.39, 0.29) is 23.9 Å². The lowest BCUT2D eigenvalue weighted by Crippen LogP contribution is -2.52. The number of fused-ring (bicyclic) bond motifs is 1. The number of carbonyl (C=O) groups is 2. The van der Waals surface area contributed by atoms with Crippen molar-refractivity contribution in [3.8, 4) is 11.5 Å². The zero-order chi connectivity index (χ0) is 27.7. The van der Waals surface area contributed by atoms with Gasteiger partial charge in [-0.25, -0.2) is 9.59 Å². The molecule has 1 aromatic heterocycles. The molecule has 0 amide bonds. The van der Waals surface area contributed by atoms with Gasteiger partial charge in [0.25, 0.3) is 5.89 Å². The van der Waals surface area contributed by atoms with Crippen molar-refractivity contribution >= 4 is 11.9 Å². The Balaban J connectivity index is 1.42. The van der Waals surface area contributed by atoms with Crippen LogP contribution in [-0.2, 0) is 29.3 Å².